The first-order chi connectivity index (χ1) is 47.2. The van der Waals surface area contributed by atoms with Crippen molar-refractivity contribution >= 4 is 24.2 Å². The Morgan fingerprint density at radius 2 is 1.08 bits per heavy atom. The predicted molar refractivity (Wildman–Crippen MR) is 346 cm³/mol. The Labute approximate surface area is 582 Å². The van der Waals surface area contributed by atoms with Gasteiger partial charge < -0.3 is 168 Å². The summed E-state index contributed by atoms with van der Waals surface area (Å²) in [6.07, 6.45) is -32.0. The van der Waals surface area contributed by atoms with E-state index in [9.17, 15) is 70.6 Å². The van der Waals surface area contributed by atoms with Gasteiger partial charge in [0.1, 0.15) is 111 Å². The quantitative estimate of drug-likeness (QED) is 0.0375. The van der Waals surface area contributed by atoms with Crippen molar-refractivity contribution in [3.8, 4) is 0 Å². The maximum atomic E-state index is 13.2. The molecule has 2 saturated carbocycles. The van der Waals surface area contributed by atoms with Gasteiger partial charge in [-0.05, 0) is 43.9 Å². The van der Waals surface area contributed by atoms with E-state index in [1.807, 2.05) is 12.1 Å². The van der Waals surface area contributed by atoms with E-state index in [-0.39, 0.29) is 59.7 Å². The Balaban J connectivity index is 0.000000270. The molecule has 2 aromatic carbocycles. The molecule has 0 spiro atoms. The van der Waals surface area contributed by atoms with Crippen molar-refractivity contribution in [2.24, 2.45) is 45.3 Å². The summed E-state index contributed by atoms with van der Waals surface area (Å²) in [4.78, 5) is 44.0. The van der Waals surface area contributed by atoms with E-state index >= 15 is 0 Å². The van der Waals surface area contributed by atoms with Crippen molar-refractivity contribution in [3.63, 3.8) is 0 Å². The molecule has 2 aromatic rings. The third kappa shape index (κ3) is 18.2. The topological polar surface area (TPSA) is 602 Å². The normalized spacial score (nSPS) is 43.4. The van der Waals surface area contributed by atoms with Gasteiger partial charge >= 0.3 is 18.3 Å². The summed E-state index contributed by atoms with van der Waals surface area (Å²) in [7, 11) is 3.00. The highest BCUT2D eigenvalue weighted by Crippen LogP contribution is 2.43. The van der Waals surface area contributed by atoms with E-state index in [4.69, 9.17) is 96.0 Å². The van der Waals surface area contributed by atoms with Crippen LogP contribution in [0.5, 0.6) is 0 Å². The van der Waals surface area contributed by atoms with Crippen LogP contribution in [0.4, 0.5) is 14.4 Å². The monoisotopic (exact) mass is 1450 g/mol. The first-order valence-corrected chi connectivity index (χ1v) is 32.8. The maximum Gasteiger partial charge on any atom is 0.410 e. The van der Waals surface area contributed by atoms with Crippen LogP contribution >= 0.6 is 0 Å². The van der Waals surface area contributed by atoms with Crippen LogP contribution in [-0.2, 0) is 74.8 Å². The minimum atomic E-state index is -1.67. The number of alkyl carbamates (subject to hydrolysis) is 2. The molecule has 7 aliphatic heterocycles. The van der Waals surface area contributed by atoms with Crippen LogP contribution in [0.15, 0.2) is 65.7 Å². The van der Waals surface area contributed by atoms with Gasteiger partial charge in [-0.2, -0.15) is 0 Å². The van der Waals surface area contributed by atoms with E-state index in [2.05, 4.69) is 20.9 Å². The number of amides is 3. The lowest BCUT2D eigenvalue weighted by Gasteiger charge is -2.51. The van der Waals surface area contributed by atoms with Gasteiger partial charge in [-0.3, -0.25) is 4.90 Å². The number of ether oxygens (including phenoxy) is 13. The fourth-order valence-corrected chi connectivity index (χ4v) is 13.9. The number of carbonyl (C=O) groups excluding carboxylic acids is 3. The molecule has 2 aliphatic carbocycles. The van der Waals surface area contributed by atoms with Gasteiger partial charge in [-0.25, -0.2) is 19.4 Å². The summed E-state index contributed by atoms with van der Waals surface area (Å²) in [5.41, 5.74) is 36.4. The molecule has 34 atom stereocenters. The summed E-state index contributed by atoms with van der Waals surface area (Å²) < 4.78 is 76.8. The van der Waals surface area contributed by atoms with E-state index in [1.54, 1.807) is 55.5 Å². The number of hydrogen-bond donors (Lipinski definition) is 20. The van der Waals surface area contributed by atoms with Crippen molar-refractivity contribution in [1.29, 1.82) is 0 Å². The van der Waals surface area contributed by atoms with Gasteiger partial charge in [0.25, 0.3) is 0 Å². The molecule has 0 bridgehead atoms. The Morgan fingerprint density at radius 3 is 1.67 bits per heavy atom. The average Bonchev–Trinajstić information content (AvgIpc) is 1.74. The Bertz CT molecular complexity index is 2970. The van der Waals surface area contributed by atoms with Crippen LogP contribution in [0, 0.1) is 5.92 Å². The minimum Gasteiger partial charge on any atom is -0.445 e. The highest BCUT2D eigenvalue weighted by Gasteiger charge is 2.62. The fourth-order valence-electron chi connectivity index (χ4n) is 13.9. The summed E-state index contributed by atoms with van der Waals surface area (Å²) in [5.74, 6) is -0.842. The number of aliphatic hydroxyl groups excluding tert-OH is 11. The van der Waals surface area contributed by atoms with Crippen molar-refractivity contribution in [1.82, 2.24) is 20.9 Å². The number of nitrogens with zero attached hydrogens (tertiary/aromatic N) is 2. The second-order valence-corrected chi connectivity index (χ2v) is 26.3. The first-order valence-electron chi connectivity index (χ1n) is 32.8. The predicted octanol–water partition coefficient (Wildman–Crippen LogP) is -7.20. The molecule has 7 heterocycles. The molecule has 38 nitrogen and oxygen atoms in total. The van der Waals surface area contributed by atoms with Crippen LogP contribution in [-0.4, -0.2) is 315 Å². The van der Waals surface area contributed by atoms with Crippen molar-refractivity contribution in [3.05, 3.63) is 71.8 Å². The number of benzene rings is 2. The van der Waals surface area contributed by atoms with Crippen molar-refractivity contribution in [2.45, 2.75) is 263 Å². The number of guanidine groups is 1. The lowest BCUT2D eigenvalue weighted by Crippen LogP contribution is -2.70. The third-order valence-electron chi connectivity index (χ3n) is 19.4. The van der Waals surface area contributed by atoms with Gasteiger partial charge in [-0.1, -0.05) is 82.4 Å². The molecule has 3 amide bonds. The molecule has 18 unspecified atom stereocenters. The molecule has 0 radical (unpaired) electrons. The maximum absolute atomic E-state index is 13.2. The fraction of sp³-hybridized carbons (Fsp3) is 0.746. The molecule has 0 aromatic heterocycles. The number of likely N-dealkylation sites (N-methyl/N-ethyl adjacent to an activating group) is 2. The molecule has 11 rings (SSSR count). The lowest BCUT2D eigenvalue weighted by molar-refractivity contribution is -0.375. The van der Waals surface area contributed by atoms with Gasteiger partial charge in [0.05, 0.1) is 61.7 Å². The van der Waals surface area contributed by atoms with Gasteiger partial charge in [0.2, 0.25) is 0 Å². The third-order valence-corrected chi connectivity index (χ3v) is 19.4. The number of fused-ring (bicyclic) bond motifs is 4. The van der Waals surface area contributed by atoms with E-state index < -0.39 is 239 Å². The molecule has 572 valence electrons. The molecular weight excluding hydrogens is 1340 g/mol. The molecule has 7 saturated heterocycles. The zero-order chi connectivity index (χ0) is 71.4. The zero-order valence-corrected chi connectivity index (χ0v) is 54.4. The van der Waals surface area contributed by atoms with Crippen LogP contribution in [0.3, 0.4) is 0 Å². The van der Waals surface area contributed by atoms with E-state index in [0.29, 0.717) is 0 Å². The smallest absolute Gasteiger partial charge is 0.410 e. The number of carbonyl (C=O) groups is 3. The number of rotatable bonds is 18. The summed E-state index contributed by atoms with van der Waals surface area (Å²) in [5, 5.41) is 125. The van der Waals surface area contributed by atoms with Crippen LogP contribution in [0.1, 0.15) is 58.6 Å². The molecular formula is C63H103N11O27. The number of hydrogen-bond acceptors (Lipinski definition) is 33. The van der Waals surface area contributed by atoms with Crippen LogP contribution in [0.25, 0.3) is 0 Å². The Morgan fingerprint density at radius 1 is 0.545 bits per heavy atom. The SMILES string of the molecule is C.C.CC1C[C@@H]2OC(O[C@H]3OC(CO)[C@@H](N)[C@H](O)C3O)C3C(OC(=O)N3C)C2O[C@@H]1O[C@@H]1C(NC(=O)OCc2ccccc2)C[C@@H](NC(=O)OCc2ccccc2)C(O)[C@H]1O.CNC1C(O[C@H]2OC(CO)[C@@H](N=C(N)N)[C@H](O)C2O)O[C@H]2CC(N)[C@@H](O[C@@H]3C(N)C[C@@H](N)C(O)[C@H]3O)OC2C1O. The average molecular weight is 1450 g/mol. The van der Waals surface area contributed by atoms with E-state index in [0.717, 1.165) is 11.1 Å². The van der Waals surface area contributed by atoms with Gasteiger partial charge in [0.15, 0.2) is 49.8 Å². The minimum absolute atomic E-state index is 0. The zero-order valence-electron chi connectivity index (χ0n) is 54.4. The number of nitrogens with one attached hydrogen (secondary N) is 3. The molecule has 9 fully saturated rings. The summed E-state index contributed by atoms with van der Waals surface area (Å²) >= 11 is 0. The first kappa shape index (κ1) is 81.2. The van der Waals surface area contributed by atoms with Crippen LogP contribution < -0.4 is 50.4 Å². The molecule has 9 aliphatic rings. The summed E-state index contributed by atoms with van der Waals surface area (Å²) in [6, 6.07) is 9.52. The largest absolute Gasteiger partial charge is 0.445 e. The second-order valence-electron chi connectivity index (χ2n) is 26.3. The van der Waals surface area contributed by atoms with E-state index in [1.165, 1.54) is 19.0 Å². The summed E-state index contributed by atoms with van der Waals surface area (Å²) in [6.45, 7) is 0.533. The van der Waals surface area contributed by atoms with Gasteiger partial charge in [-0.15, -0.1) is 0 Å². The Kier molecular flexibility index (Phi) is 28.5. The lowest BCUT2D eigenvalue weighted by atomic mass is 9.83. The number of aliphatic hydroxyl groups is 11. The van der Waals surface area contributed by atoms with Gasteiger partial charge in [0, 0.05) is 25.0 Å². The Hall–Kier alpha value is -5.52. The van der Waals surface area contributed by atoms with Crippen molar-refractivity contribution in [2.75, 3.05) is 27.3 Å². The number of nitrogens with two attached hydrogens (primary N) is 6. The van der Waals surface area contributed by atoms with Crippen LogP contribution in [0.2, 0.25) is 0 Å². The molecule has 38 heteroatoms. The van der Waals surface area contributed by atoms with Crippen molar-refractivity contribution < 1.29 is 132 Å². The molecule has 26 N–H and O–H groups in total. The molecule has 101 heavy (non-hydrogen) atoms. The second kappa shape index (κ2) is 35.5. The number of aliphatic imine (C=N–C) groups is 1. The standard InChI is InChI=1S/C39H52N4O16.C22H43N7O11.2CH4/c1-18-13-23-32(33-26(43(2)39(51)58-33)35(54-23)59-36-30(48)28(46)25(40)24(15-44)55-36)57-34(18)56-31-22(42-38(50)53-17-20-11-7-4-8-12-20)14-21(27(45)29(31)47)41-37(49)52-16-19-9-5-3-6-10-19;1-28-11-14(33)18-8(3-7(25)19(39-18)38-17-6(24)2-5(23)12(31)15(17)34)36-20(11)40-21-16(35)13(32)10(29-22(26)27)9(4-30)37-21;;/h3-12,18,21-36,44-48H,13-17,40H2,1-2H3,(H,41,49)(H,42,50);5-21,28,30-35H,2-4,23-25H2,1H3,(H4,26,27,29);2*1H4/t18?,21-,22?,23+,24?,25-,26?,27?,28+,29-,30?,31-,32?,33?,34+,35?,36-;5-,6?,7?,8+,9?,10-,11?,12?,13+,14?,15-,16?,17-,18?,19+,20?,21-;;/m11../s1. The highest BCUT2D eigenvalue weighted by molar-refractivity contribution is 5.76. The highest BCUT2D eigenvalue weighted by atomic mass is 16.8.